The number of ether oxygens (including phenoxy) is 2. The first kappa shape index (κ1) is 18.3. The van der Waals surface area contributed by atoms with Gasteiger partial charge in [0.1, 0.15) is 17.0 Å². The van der Waals surface area contributed by atoms with Crippen molar-refractivity contribution in [1.29, 1.82) is 0 Å². The Morgan fingerprint density at radius 2 is 2.00 bits per heavy atom. The summed E-state index contributed by atoms with van der Waals surface area (Å²) in [5, 5.41) is 2.92. The lowest BCUT2D eigenvalue weighted by atomic mass is 9.86. The molecule has 1 fully saturated rings. The molecule has 0 radical (unpaired) electrons. The zero-order valence-electron chi connectivity index (χ0n) is 16.0. The molecule has 1 heterocycles. The lowest BCUT2D eigenvalue weighted by Crippen LogP contribution is -2.53. The monoisotopic (exact) mass is 380 g/mol. The second-order valence-corrected chi connectivity index (χ2v) is 7.72. The number of hydrogen-bond acceptors (Lipinski definition) is 4. The summed E-state index contributed by atoms with van der Waals surface area (Å²) in [6, 6.07) is 14.8. The van der Waals surface area contributed by atoms with E-state index in [4.69, 9.17) is 15.2 Å². The van der Waals surface area contributed by atoms with Crippen LogP contribution in [-0.2, 0) is 20.5 Å². The summed E-state index contributed by atoms with van der Waals surface area (Å²) in [5.41, 5.74) is 5.80. The van der Waals surface area contributed by atoms with Gasteiger partial charge in [0.2, 0.25) is 11.8 Å². The Hall–Kier alpha value is -3.02. The van der Waals surface area contributed by atoms with E-state index < -0.39 is 11.4 Å². The lowest BCUT2D eigenvalue weighted by Gasteiger charge is -2.30. The summed E-state index contributed by atoms with van der Waals surface area (Å²) in [4.78, 5) is 25.4. The molecule has 1 spiro atoms. The second kappa shape index (κ2) is 6.55. The molecule has 4 rings (SSSR count). The van der Waals surface area contributed by atoms with Crippen molar-refractivity contribution in [3.63, 3.8) is 0 Å². The topological polar surface area (TPSA) is 90.7 Å². The Labute approximate surface area is 164 Å². The number of amides is 2. The van der Waals surface area contributed by atoms with E-state index in [0.717, 1.165) is 23.5 Å². The van der Waals surface area contributed by atoms with Crippen LogP contribution in [0.2, 0.25) is 0 Å². The van der Waals surface area contributed by atoms with E-state index in [1.807, 2.05) is 36.4 Å². The highest BCUT2D eigenvalue weighted by molar-refractivity contribution is 5.93. The van der Waals surface area contributed by atoms with E-state index in [0.29, 0.717) is 18.6 Å². The van der Waals surface area contributed by atoms with Crippen LogP contribution in [0.1, 0.15) is 30.9 Å². The molecule has 0 saturated heterocycles. The summed E-state index contributed by atoms with van der Waals surface area (Å²) in [6.45, 7) is 2.22. The average Bonchev–Trinajstić information content (AvgIpc) is 3.43. The number of benzene rings is 2. The van der Waals surface area contributed by atoms with E-state index in [1.165, 1.54) is 0 Å². The van der Waals surface area contributed by atoms with Gasteiger partial charge >= 0.3 is 0 Å². The van der Waals surface area contributed by atoms with E-state index in [9.17, 15) is 9.59 Å². The molecular formula is C22H24N2O4. The molecule has 2 amide bonds. The minimum atomic E-state index is -1.26. The van der Waals surface area contributed by atoms with Crippen LogP contribution < -0.4 is 20.5 Å². The summed E-state index contributed by atoms with van der Waals surface area (Å²) < 4.78 is 11.1. The minimum absolute atomic E-state index is 0.166. The van der Waals surface area contributed by atoms with Gasteiger partial charge in [0.25, 0.3) is 0 Å². The van der Waals surface area contributed by atoms with Crippen molar-refractivity contribution in [2.75, 3.05) is 13.7 Å². The van der Waals surface area contributed by atoms with Crippen LogP contribution in [0.5, 0.6) is 11.5 Å². The molecule has 2 aliphatic rings. The highest BCUT2D eigenvalue weighted by atomic mass is 16.5. The normalized spacial score (nSPS) is 24.4. The van der Waals surface area contributed by atoms with Crippen molar-refractivity contribution in [2.24, 2.45) is 11.7 Å². The minimum Gasteiger partial charge on any atom is -0.497 e. The predicted octanol–water partition coefficient (Wildman–Crippen LogP) is 2.25. The number of fused-ring (bicyclic) bond motifs is 2. The first-order chi connectivity index (χ1) is 13.4. The van der Waals surface area contributed by atoms with Crippen LogP contribution in [0.15, 0.2) is 48.5 Å². The van der Waals surface area contributed by atoms with Gasteiger partial charge in [0.15, 0.2) is 0 Å². The summed E-state index contributed by atoms with van der Waals surface area (Å²) >= 11 is 0. The van der Waals surface area contributed by atoms with Gasteiger partial charge in [-0.1, -0.05) is 30.3 Å². The quantitative estimate of drug-likeness (QED) is 0.832. The van der Waals surface area contributed by atoms with Crippen LogP contribution >= 0.6 is 0 Å². The molecule has 6 heteroatoms. The second-order valence-electron chi connectivity index (χ2n) is 7.72. The number of carbonyl (C=O) groups is 2. The van der Waals surface area contributed by atoms with Crippen molar-refractivity contribution in [3.05, 3.63) is 59.7 Å². The molecule has 146 valence electrons. The Balaban J connectivity index is 1.61. The third-order valence-corrected chi connectivity index (χ3v) is 6.14. The van der Waals surface area contributed by atoms with Crippen molar-refractivity contribution in [1.82, 2.24) is 5.32 Å². The molecule has 2 aromatic rings. The number of rotatable bonds is 5. The number of primary amides is 1. The van der Waals surface area contributed by atoms with Crippen LogP contribution in [-0.4, -0.2) is 25.5 Å². The molecule has 1 unspecified atom stereocenters. The number of carbonyl (C=O) groups excluding carboxylic acids is 2. The highest BCUT2D eigenvalue weighted by Crippen LogP contribution is 2.61. The first-order valence-electron chi connectivity index (χ1n) is 9.39. The summed E-state index contributed by atoms with van der Waals surface area (Å²) in [5.74, 6) is 0.547. The standard InChI is InChI=1S/C22H24N2O4/c1-21(20(23)26,14-6-4-3-5-7-14)24-19(25)17-13-22(17)10-11-28-18-9-8-15(27-2)12-16(18)22/h3-9,12,17H,10-11,13H2,1-2H3,(H2,23,26)(H,24,25)/t17-,21?,22-/m1/s1. The van der Waals surface area contributed by atoms with E-state index >= 15 is 0 Å². The van der Waals surface area contributed by atoms with Gasteiger partial charge in [-0.15, -0.1) is 0 Å². The predicted molar refractivity (Wildman–Crippen MR) is 104 cm³/mol. The molecule has 1 aliphatic heterocycles. The van der Waals surface area contributed by atoms with Gasteiger partial charge in [0.05, 0.1) is 13.7 Å². The molecule has 2 aromatic carbocycles. The average molecular weight is 380 g/mol. The maximum atomic E-state index is 13.1. The van der Waals surface area contributed by atoms with E-state index in [2.05, 4.69) is 5.32 Å². The van der Waals surface area contributed by atoms with Gasteiger partial charge in [-0.3, -0.25) is 9.59 Å². The van der Waals surface area contributed by atoms with Gasteiger partial charge in [-0.2, -0.15) is 0 Å². The number of nitrogens with two attached hydrogens (primary N) is 1. The Kier molecular flexibility index (Phi) is 4.29. The fourth-order valence-electron chi connectivity index (χ4n) is 4.23. The first-order valence-corrected chi connectivity index (χ1v) is 9.39. The zero-order valence-corrected chi connectivity index (χ0v) is 16.0. The van der Waals surface area contributed by atoms with Crippen LogP contribution in [0, 0.1) is 5.92 Å². The number of methoxy groups -OCH3 is 1. The molecule has 1 aliphatic carbocycles. The molecular weight excluding hydrogens is 356 g/mol. The number of hydrogen-bond donors (Lipinski definition) is 2. The van der Waals surface area contributed by atoms with Crippen molar-refractivity contribution < 1.29 is 19.1 Å². The lowest BCUT2D eigenvalue weighted by molar-refractivity contribution is -0.132. The van der Waals surface area contributed by atoms with E-state index in [-0.39, 0.29) is 17.2 Å². The molecule has 1 saturated carbocycles. The molecule has 0 aromatic heterocycles. The van der Waals surface area contributed by atoms with Gasteiger partial charge < -0.3 is 20.5 Å². The zero-order chi connectivity index (χ0) is 19.9. The summed E-state index contributed by atoms with van der Waals surface area (Å²) in [6.07, 6.45) is 1.47. The Morgan fingerprint density at radius 3 is 2.68 bits per heavy atom. The summed E-state index contributed by atoms with van der Waals surface area (Å²) in [7, 11) is 1.62. The number of nitrogens with one attached hydrogen (secondary N) is 1. The van der Waals surface area contributed by atoms with Crippen molar-refractivity contribution >= 4 is 11.8 Å². The maximum absolute atomic E-state index is 13.1. The van der Waals surface area contributed by atoms with Crippen LogP contribution in [0.3, 0.4) is 0 Å². The van der Waals surface area contributed by atoms with E-state index in [1.54, 1.807) is 26.2 Å². The SMILES string of the molecule is COc1ccc2c(c1)[C@@]1(CCO2)C[C@@H]1C(=O)NC(C)(C(N)=O)c1ccccc1. The maximum Gasteiger partial charge on any atom is 0.247 e. The fraction of sp³-hybridized carbons (Fsp3) is 0.364. The van der Waals surface area contributed by atoms with Gasteiger partial charge in [0, 0.05) is 16.9 Å². The Bertz CT molecular complexity index is 929. The molecule has 6 nitrogen and oxygen atoms in total. The van der Waals surface area contributed by atoms with Crippen LogP contribution in [0.4, 0.5) is 0 Å². The van der Waals surface area contributed by atoms with Gasteiger partial charge in [-0.25, -0.2) is 0 Å². The third kappa shape index (κ3) is 2.80. The molecule has 0 bridgehead atoms. The largest absolute Gasteiger partial charge is 0.497 e. The molecule has 3 N–H and O–H groups in total. The van der Waals surface area contributed by atoms with Crippen LogP contribution in [0.25, 0.3) is 0 Å². The highest BCUT2D eigenvalue weighted by Gasteiger charge is 2.62. The molecule has 3 atom stereocenters. The fourth-order valence-corrected chi connectivity index (χ4v) is 4.23. The van der Waals surface area contributed by atoms with Gasteiger partial charge in [-0.05, 0) is 43.5 Å². The Morgan fingerprint density at radius 1 is 1.25 bits per heavy atom. The van der Waals surface area contributed by atoms with Crippen molar-refractivity contribution in [2.45, 2.75) is 30.7 Å². The molecule has 28 heavy (non-hydrogen) atoms. The van der Waals surface area contributed by atoms with Crippen molar-refractivity contribution in [3.8, 4) is 11.5 Å². The third-order valence-electron chi connectivity index (χ3n) is 6.14. The smallest absolute Gasteiger partial charge is 0.247 e.